The molecule has 1 heterocycles. The van der Waals surface area contributed by atoms with Crippen molar-refractivity contribution in [3.8, 4) is 11.8 Å². The highest BCUT2D eigenvalue weighted by molar-refractivity contribution is 5.66. The Morgan fingerprint density at radius 3 is 2.44 bits per heavy atom. The van der Waals surface area contributed by atoms with Crippen molar-refractivity contribution in [1.29, 1.82) is 5.26 Å². The highest BCUT2D eigenvalue weighted by atomic mass is 16.5. The fourth-order valence-corrected chi connectivity index (χ4v) is 3.26. The van der Waals surface area contributed by atoms with Gasteiger partial charge in [-0.3, -0.25) is 4.90 Å². The molecule has 2 aromatic rings. The average Bonchev–Trinajstić information content (AvgIpc) is 2.95. The molecule has 1 fully saturated rings. The van der Waals surface area contributed by atoms with E-state index in [4.69, 9.17) is 14.7 Å². The van der Waals surface area contributed by atoms with E-state index in [1.165, 1.54) is 4.90 Å². The van der Waals surface area contributed by atoms with Crippen molar-refractivity contribution in [2.24, 2.45) is 0 Å². The summed E-state index contributed by atoms with van der Waals surface area (Å²) in [7, 11) is 0. The molecule has 0 aliphatic carbocycles. The number of nitrogens with zero attached hydrogens (tertiary/aromatic N) is 2. The monoisotopic (exact) mass is 366 g/mol. The van der Waals surface area contributed by atoms with Crippen molar-refractivity contribution in [2.45, 2.75) is 38.6 Å². The molecule has 1 saturated heterocycles. The van der Waals surface area contributed by atoms with Crippen LogP contribution in [0.25, 0.3) is 0 Å². The number of ether oxygens (including phenoxy) is 2. The lowest BCUT2D eigenvalue weighted by Gasteiger charge is -2.31. The van der Waals surface area contributed by atoms with Gasteiger partial charge in [-0.15, -0.1) is 0 Å². The summed E-state index contributed by atoms with van der Waals surface area (Å²) >= 11 is 0. The van der Waals surface area contributed by atoms with Crippen molar-refractivity contribution in [2.75, 3.05) is 6.61 Å². The van der Waals surface area contributed by atoms with Gasteiger partial charge in [0.2, 0.25) is 0 Å². The van der Waals surface area contributed by atoms with E-state index < -0.39 is 11.8 Å². The second-order valence-electron chi connectivity index (χ2n) is 7.01. The maximum absolute atomic E-state index is 11.5. The van der Waals surface area contributed by atoms with Crippen LogP contribution in [-0.4, -0.2) is 34.5 Å². The summed E-state index contributed by atoms with van der Waals surface area (Å²) in [6.07, 6.45) is -0.379. The largest absolute Gasteiger partial charge is 0.489 e. The highest BCUT2D eigenvalue weighted by Crippen LogP contribution is 2.29. The first-order valence-electron chi connectivity index (χ1n) is 8.76. The molecule has 27 heavy (non-hydrogen) atoms. The third-order valence-electron chi connectivity index (χ3n) is 4.66. The van der Waals surface area contributed by atoms with Crippen molar-refractivity contribution >= 4 is 6.09 Å². The van der Waals surface area contributed by atoms with Gasteiger partial charge in [0.05, 0.1) is 24.3 Å². The van der Waals surface area contributed by atoms with E-state index in [1.54, 1.807) is 26.0 Å². The van der Waals surface area contributed by atoms with E-state index in [-0.39, 0.29) is 6.04 Å². The summed E-state index contributed by atoms with van der Waals surface area (Å²) in [6.45, 7) is 4.33. The molecule has 1 aliphatic heterocycles. The molecular weight excluding hydrogens is 344 g/mol. The summed E-state index contributed by atoms with van der Waals surface area (Å²) in [5, 5.41) is 18.3. The number of benzene rings is 2. The van der Waals surface area contributed by atoms with Crippen LogP contribution in [-0.2, 0) is 17.8 Å². The van der Waals surface area contributed by atoms with E-state index >= 15 is 0 Å². The second-order valence-corrected chi connectivity index (χ2v) is 7.01. The van der Waals surface area contributed by atoms with Gasteiger partial charge in [-0.2, -0.15) is 5.26 Å². The molecule has 0 radical (unpaired) electrons. The molecule has 1 amide bonds. The van der Waals surface area contributed by atoms with Gasteiger partial charge >= 0.3 is 6.09 Å². The van der Waals surface area contributed by atoms with Gasteiger partial charge in [0.25, 0.3) is 0 Å². The van der Waals surface area contributed by atoms with Gasteiger partial charge in [0.15, 0.2) is 0 Å². The number of rotatable bonds is 5. The zero-order valence-electron chi connectivity index (χ0n) is 15.4. The molecule has 1 unspecified atom stereocenters. The number of carbonyl (C=O) groups is 1. The quantitative estimate of drug-likeness (QED) is 0.870. The van der Waals surface area contributed by atoms with E-state index in [1.807, 2.05) is 36.4 Å². The Balaban J connectivity index is 1.58. The molecule has 3 rings (SSSR count). The van der Waals surface area contributed by atoms with Crippen LogP contribution in [0.5, 0.6) is 5.75 Å². The predicted molar refractivity (Wildman–Crippen MR) is 99.3 cm³/mol. The van der Waals surface area contributed by atoms with Gasteiger partial charge in [-0.1, -0.05) is 24.3 Å². The van der Waals surface area contributed by atoms with Crippen molar-refractivity contribution in [3.05, 3.63) is 65.2 Å². The minimum Gasteiger partial charge on any atom is -0.489 e. The van der Waals surface area contributed by atoms with E-state index in [9.17, 15) is 9.90 Å². The second kappa shape index (κ2) is 7.68. The van der Waals surface area contributed by atoms with E-state index in [0.29, 0.717) is 25.2 Å². The molecular formula is C21H22N2O4. The molecule has 0 spiro atoms. The fraction of sp³-hybridized carbons (Fsp3) is 0.333. The lowest BCUT2D eigenvalue weighted by Crippen LogP contribution is -2.47. The van der Waals surface area contributed by atoms with Crippen LogP contribution in [0.2, 0.25) is 0 Å². The third kappa shape index (κ3) is 4.39. The Bertz CT molecular complexity index is 838. The summed E-state index contributed by atoms with van der Waals surface area (Å²) in [6, 6.07) is 16.8. The van der Waals surface area contributed by atoms with Gasteiger partial charge < -0.3 is 14.6 Å². The normalized spacial score (nSPS) is 18.1. The molecule has 1 aliphatic rings. The first-order chi connectivity index (χ1) is 12.9. The van der Waals surface area contributed by atoms with Crippen LogP contribution in [0.3, 0.4) is 0 Å². The van der Waals surface area contributed by atoms with Crippen LogP contribution in [0.1, 0.15) is 30.5 Å². The standard InChI is InChI=1S/C21H22N2O4/c1-21(2)23(20(24)25)18(14-27-21)11-15-7-9-19(10-8-15)26-13-17-5-3-16(12-22)4-6-17/h3-10,18H,11,13-14H2,1-2H3,(H,24,25). The van der Waals surface area contributed by atoms with Crippen LogP contribution in [0.15, 0.2) is 48.5 Å². The zero-order chi connectivity index (χ0) is 19.4. The molecule has 0 bridgehead atoms. The Morgan fingerprint density at radius 2 is 1.85 bits per heavy atom. The van der Waals surface area contributed by atoms with Crippen LogP contribution in [0.4, 0.5) is 4.79 Å². The number of hydrogen-bond acceptors (Lipinski definition) is 4. The van der Waals surface area contributed by atoms with E-state index in [0.717, 1.165) is 16.9 Å². The van der Waals surface area contributed by atoms with Gasteiger partial charge in [0.1, 0.15) is 18.1 Å². The molecule has 2 aromatic carbocycles. The minimum atomic E-state index is -0.968. The molecule has 6 nitrogen and oxygen atoms in total. The number of carboxylic acid groups (broad SMARTS) is 1. The first kappa shape index (κ1) is 18.7. The molecule has 140 valence electrons. The molecule has 0 saturated carbocycles. The summed E-state index contributed by atoms with van der Waals surface area (Å²) in [4.78, 5) is 12.9. The maximum atomic E-state index is 11.5. The zero-order valence-corrected chi connectivity index (χ0v) is 15.4. The topological polar surface area (TPSA) is 82.8 Å². The number of nitriles is 1. The molecule has 1 atom stereocenters. The molecule has 6 heteroatoms. The van der Waals surface area contributed by atoms with Gasteiger partial charge in [0, 0.05) is 0 Å². The molecule has 1 N–H and O–H groups in total. The predicted octanol–water partition coefficient (Wildman–Crippen LogP) is 3.79. The van der Waals surface area contributed by atoms with Gasteiger partial charge in [-0.25, -0.2) is 4.79 Å². The Kier molecular flexibility index (Phi) is 5.33. The minimum absolute atomic E-state index is 0.206. The SMILES string of the molecule is CC1(C)OCC(Cc2ccc(OCc3ccc(C#N)cc3)cc2)N1C(=O)O. The van der Waals surface area contributed by atoms with E-state index in [2.05, 4.69) is 6.07 Å². The van der Waals surface area contributed by atoms with Gasteiger partial charge in [-0.05, 0) is 55.7 Å². The van der Waals surface area contributed by atoms with Crippen molar-refractivity contribution < 1.29 is 19.4 Å². The average molecular weight is 366 g/mol. The molecule has 0 aromatic heterocycles. The highest BCUT2D eigenvalue weighted by Gasteiger charge is 2.43. The number of amides is 1. The smallest absolute Gasteiger partial charge is 0.409 e. The maximum Gasteiger partial charge on any atom is 0.409 e. The Morgan fingerprint density at radius 1 is 1.22 bits per heavy atom. The fourth-order valence-electron chi connectivity index (χ4n) is 3.26. The Hall–Kier alpha value is -3.04. The van der Waals surface area contributed by atoms with Crippen molar-refractivity contribution in [1.82, 2.24) is 4.90 Å². The summed E-state index contributed by atoms with van der Waals surface area (Å²) in [5.41, 5.74) is 1.83. The van der Waals surface area contributed by atoms with Crippen molar-refractivity contribution in [3.63, 3.8) is 0 Å². The summed E-state index contributed by atoms with van der Waals surface area (Å²) < 4.78 is 11.4. The van der Waals surface area contributed by atoms with Crippen LogP contribution in [0, 0.1) is 11.3 Å². The first-order valence-corrected chi connectivity index (χ1v) is 8.76. The van der Waals surface area contributed by atoms with Crippen LogP contribution < -0.4 is 4.74 Å². The lowest BCUT2D eigenvalue weighted by atomic mass is 10.0. The third-order valence-corrected chi connectivity index (χ3v) is 4.66. The Labute approximate surface area is 158 Å². The summed E-state index contributed by atoms with van der Waals surface area (Å²) in [5.74, 6) is 0.737. The lowest BCUT2D eigenvalue weighted by molar-refractivity contribution is -0.0419. The van der Waals surface area contributed by atoms with Crippen LogP contribution >= 0.6 is 0 Å². The number of hydrogen-bond donors (Lipinski definition) is 1.